The Morgan fingerprint density at radius 1 is 1.14 bits per heavy atom. The Kier molecular flexibility index (Phi) is 5.08. The third kappa shape index (κ3) is 3.43. The Labute approximate surface area is 206 Å². The molecule has 6 rings (SSSR count). The highest BCUT2D eigenvalue weighted by atomic mass is 16.6. The van der Waals surface area contributed by atoms with Gasteiger partial charge in [-0.05, 0) is 87.9 Å². The van der Waals surface area contributed by atoms with Crippen LogP contribution in [-0.4, -0.2) is 45.6 Å². The van der Waals surface area contributed by atoms with E-state index in [1.807, 2.05) is 26.0 Å². The van der Waals surface area contributed by atoms with Crippen molar-refractivity contribution in [2.75, 3.05) is 0 Å². The lowest BCUT2D eigenvalue weighted by Gasteiger charge is -2.47. The second kappa shape index (κ2) is 7.66. The molecule has 6 aliphatic rings. The average Bonchev–Trinajstić information content (AvgIpc) is 2.87. The van der Waals surface area contributed by atoms with Crippen LogP contribution in [0.15, 0.2) is 46.6 Å². The minimum atomic E-state index is -0.986. The molecular weight excluding hydrogens is 444 g/mol. The first-order valence-corrected chi connectivity index (χ1v) is 13.1. The third-order valence-electron chi connectivity index (χ3n) is 9.99. The maximum Gasteiger partial charge on any atom is 0.333 e. The van der Waals surface area contributed by atoms with Crippen LogP contribution in [0, 0.1) is 35.5 Å². The van der Waals surface area contributed by atoms with Gasteiger partial charge in [-0.15, -0.1) is 0 Å². The van der Waals surface area contributed by atoms with Crippen molar-refractivity contribution in [3.8, 4) is 0 Å². The van der Waals surface area contributed by atoms with Crippen LogP contribution in [0.2, 0.25) is 0 Å². The van der Waals surface area contributed by atoms with E-state index in [-0.39, 0.29) is 53.6 Å². The van der Waals surface area contributed by atoms with Gasteiger partial charge in [0, 0.05) is 29.4 Å². The molecule has 2 N–H and O–H groups in total. The van der Waals surface area contributed by atoms with Gasteiger partial charge in [0.25, 0.3) is 0 Å². The highest BCUT2D eigenvalue weighted by Gasteiger charge is 2.58. The van der Waals surface area contributed by atoms with Crippen LogP contribution < -0.4 is 0 Å². The number of ether oxygens (including phenoxy) is 2. The molecule has 0 unspecified atom stereocenters. The first kappa shape index (κ1) is 23.2. The molecule has 0 bridgehead atoms. The molecule has 0 radical (unpaired) electrons. The quantitative estimate of drug-likeness (QED) is 0.405. The molecule has 188 valence electrons. The second-order valence-corrected chi connectivity index (χ2v) is 12.3. The van der Waals surface area contributed by atoms with Crippen LogP contribution in [0.25, 0.3) is 0 Å². The van der Waals surface area contributed by atoms with Crippen LogP contribution in [0.3, 0.4) is 0 Å². The Morgan fingerprint density at radius 2 is 1.91 bits per heavy atom. The van der Waals surface area contributed by atoms with Gasteiger partial charge < -0.3 is 19.7 Å². The van der Waals surface area contributed by atoms with E-state index in [4.69, 9.17) is 9.47 Å². The topological polar surface area (TPSA) is 93.1 Å². The van der Waals surface area contributed by atoms with Gasteiger partial charge in [-0.25, -0.2) is 9.59 Å². The number of aliphatic hydroxyl groups excluding tert-OH is 1. The number of carbonyl (C=O) groups excluding carboxylic acids is 2. The SMILES string of the molecule is CC1=C[C@@H]2CC3=C([C@H](O)C[C@@H]4[C@H]3C[C@]3(O)C=C5C=CC(=O)OC(C)(C)[C@@H]5CC[C@@H]43)[C@H](C)[C@@H]2OC1=O. The van der Waals surface area contributed by atoms with Gasteiger partial charge in [-0.1, -0.05) is 24.6 Å². The number of rotatable bonds is 0. The van der Waals surface area contributed by atoms with E-state index >= 15 is 0 Å². The van der Waals surface area contributed by atoms with Gasteiger partial charge in [0.05, 0.1) is 11.7 Å². The van der Waals surface area contributed by atoms with Crippen molar-refractivity contribution in [3.63, 3.8) is 0 Å². The molecular formula is C29H36O6. The fourth-order valence-electron chi connectivity index (χ4n) is 8.54. The zero-order chi connectivity index (χ0) is 24.9. The number of cyclic esters (lactones) is 1. The minimum absolute atomic E-state index is 0.0297. The molecule has 4 aliphatic carbocycles. The van der Waals surface area contributed by atoms with Gasteiger partial charge in [0.15, 0.2) is 0 Å². The van der Waals surface area contributed by atoms with Gasteiger partial charge in [-0.3, -0.25) is 0 Å². The zero-order valence-corrected chi connectivity index (χ0v) is 21.0. The van der Waals surface area contributed by atoms with Gasteiger partial charge in [-0.2, -0.15) is 0 Å². The van der Waals surface area contributed by atoms with Crippen molar-refractivity contribution in [1.82, 2.24) is 0 Å². The van der Waals surface area contributed by atoms with E-state index in [0.29, 0.717) is 18.4 Å². The number of carbonyl (C=O) groups is 2. The Balaban J connectivity index is 1.39. The van der Waals surface area contributed by atoms with Crippen molar-refractivity contribution in [3.05, 3.63) is 46.6 Å². The van der Waals surface area contributed by atoms with Crippen molar-refractivity contribution in [1.29, 1.82) is 0 Å². The molecule has 6 heteroatoms. The minimum Gasteiger partial charge on any atom is -0.458 e. The lowest BCUT2D eigenvalue weighted by molar-refractivity contribution is -0.153. The number of fused-ring (bicyclic) bond motifs is 6. The Hall–Kier alpha value is -2.18. The number of hydrogen-bond donors (Lipinski definition) is 2. The second-order valence-electron chi connectivity index (χ2n) is 12.3. The molecule has 1 saturated carbocycles. The van der Waals surface area contributed by atoms with Gasteiger partial charge in [0.2, 0.25) is 0 Å². The summed E-state index contributed by atoms with van der Waals surface area (Å²) < 4.78 is 11.5. The van der Waals surface area contributed by atoms with E-state index in [1.54, 1.807) is 6.92 Å². The molecule has 9 atom stereocenters. The van der Waals surface area contributed by atoms with Gasteiger partial charge >= 0.3 is 11.9 Å². The zero-order valence-electron chi connectivity index (χ0n) is 21.0. The van der Waals surface area contributed by atoms with Crippen molar-refractivity contribution < 1.29 is 29.3 Å². The summed E-state index contributed by atoms with van der Waals surface area (Å²) in [6, 6.07) is 0. The number of esters is 2. The first-order chi connectivity index (χ1) is 16.5. The molecule has 35 heavy (non-hydrogen) atoms. The predicted molar refractivity (Wildman–Crippen MR) is 129 cm³/mol. The van der Waals surface area contributed by atoms with Crippen LogP contribution in [0.4, 0.5) is 0 Å². The van der Waals surface area contributed by atoms with Crippen molar-refractivity contribution in [2.24, 2.45) is 35.5 Å². The molecule has 0 aromatic rings. The summed E-state index contributed by atoms with van der Waals surface area (Å²) in [5.74, 6) is -0.0473. The maximum absolute atomic E-state index is 12.2. The molecule has 0 amide bonds. The Bertz CT molecular complexity index is 1110. The summed E-state index contributed by atoms with van der Waals surface area (Å²) in [6.07, 6.45) is 10.2. The van der Waals surface area contributed by atoms with Crippen LogP contribution in [0.5, 0.6) is 0 Å². The molecule has 0 spiro atoms. The average molecular weight is 481 g/mol. The van der Waals surface area contributed by atoms with Crippen molar-refractivity contribution in [2.45, 2.75) is 83.2 Å². The molecule has 1 fully saturated rings. The third-order valence-corrected chi connectivity index (χ3v) is 9.99. The van der Waals surface area contributed by atoms with Crippen LogP contribution >= 0.6 is 0 Å². The maximum atomic E-state index is 12.2. The highest BCUT2D eigenvalue weighted by molar-refractivity contribution is 5.89. The normalized spacial score (nSPS) is 45.9. The summed E-state index contributed by atoms with van der Waals surface area (Å²) in [5.41, 5.74) is 2.32. The van der Waals surface area contributed by atoms with Crippen molar-refractivity contribution >= 4 is 11.9 Å². The molecule has 2 aliphatic heterocycles. The molecule has 0 aromatic carbocycles. The van der Waals surface area contributed by atoms with E-state index in [9.17, 15) is 19.8 Å². The lowest BCUT2D eigenvalue weighted by atomic mass is 9.62. The smallest absolute Gasteiger partial charge is 0.333 e. The number of hydrogen-bond acceptors (Lipinski definition) is 6. The molecule has 2 heterocycles. The summed E-state index contributed by atoms with van der Waals surface area (Å²) in [4.78, 5) is 24.4. The largest absolute Gasteiger partial charge is 0.458 e. The number of aliphatic hydroxyl groups is 2. The standard InChI is InChI=1S/C29H36O6/c1-14-9-17-10-19-20-13-29(33)12-16-5-8-24(31)35-28(3,4)21(16)6-7-22(29)18(20)11-23(30)25(19)15(2)26(17)34-27(14)32/h5,8-9,12,15,17-18,20-23,26,30,33H,6-7,10-11,13H2,1-4H3/t15-,17+,18+,20+,21+,22-,23+,26-,29+/m0/s1. The van der Waals surface area contributed by atoms with E-state index < -0.39 is 17.3 Å². The fraction of sp³-hybridized carbons (Fsp3) is 0.655. The van der Waals surface area contributed by atoms with Crippen LogP contribution in [-0.2, 0) is 19.1 Å². The lowest BCUT2D eigenvalue weighted by Crippen LogP contribution is -2.46. The van der Waals surface area contributed by atoms with E-state index in [2.05, 4.69) is 13.0 Å². The summed E-state index contributed by atoms with van der Waals surface area (Å²) in [7, 11) is 0. The summed E-state index contributed by atoms with van der Waals surface area (Å²) in [5, 5.41) is 23.5. The first-order valence-electron chi connectivity index (χ1n) is 13.1. The highest BCUT2D eigenvalue weighted by Crippen LogP contribution is 2.60. The fourth-order valence-corrected chi connectivity index (χ4v) is 8.54. The molecule has 6 nitrogen and oxygen atoms in total. The predicted octanol–water partition coefficient (Wildman–Crippen LogP) is 3.79. The van der Waals surface area contributed by atoms with E-state index in [0.717, 1.165) is 30.4 Å². The monoisotopic (exact) mass is 480 g/mol. The molecule has 0 saturated heterocycles. The van der Waals surface area contributed by atoms with Crippen LogP contribution in [0.1, 0.15) is 59.8 Å². The summed E-state index contributed by atoms with van der Waals surface area (Å²) in [6.45, 7) is 7.79. The summed E-state index contributed by atoms with van der Waals surface area (Å²) >= 11 is 0. The molecule has 0 aromatic heterocycles. The van der Waals surface area contributed by atoms with Gasteiger partial charge in [0.1, 0.15) is 11.7 Å². The number of allylic oxidation sites excluding steroid dienone is 2. The van der Waals surface area contributed by atoms with E-state index in [1.165, 1.54) is 11.6 Å². The Morgan fingerprint density at radius 3 is 2.69 bits per heavy atom.